The fourth-order valence-electron chi connectivity index (χ4n) is 1.60. The average Bonchev–Trinajstić information content (AvgIpc) is 2.90. The van der Waals surface area contributed by atoms with Gasteiger partial charge in [0.05, 0.1) is 6.10 Å². The van der Waals surface area contributed by atoms with E-state index in [2.05, 4.69) is 16.0 Å². The SMILES string of the molecule is Cn1cccc1CNCC(O)c1ccsc1. The Labute approximate surface area is 99.4 Å². The molecule has 1 atom stereocenters. The van der Waals surface area contributed by atoms with Crippen LogP contribution in [0.3, 0.4) is 0 Å². The van der Waals surface area contributed by atoms with Crippen molar-refractivity contribution in [1.82, 2.24) is 9.88 Å². The summed E-state index contributed by atoms with van der Waals surface area (Å²) < 4.78 is 2.07. The fraction of sp³-hybridized carbons (Fsp3) is 0.333. The van der Waals surface area contributed by atoms with Gasteiger partial charge in [0, 0.05) is 32.0 Å². The lowest BCUT2D eigenvalue weighted by atomic mass is 10.2. The van der Waals surface area contributed by atoms with E-state index in [0.717, 1.165) is 12.1 Å². The van der Waals surface area contributed by atoms with E-state index in [1.54, 1.807) is 11.3 Å². The molecular formula is C12H16N2OS. The van der Waals surface area contributed by atoms with E-state index < -0.39 is 6.10 Å². The third-order valence-corrected chi connectivity index (χ3v) is 3.32. The van der Waals surface area contributed by atoms with Gasteiger partial charge >= 0.3 is 0 Å². The average molecular weight is 236 g/mol. The van der Waals surface area contributed by atoms with Crippen molar-refractivity contribution in [3.63, 3.8) is 0 Å². The number of aromatic nitrogens is 1. The smallest absolute Gasteiger partial charge is 0.0922 e. The standard InChI is InChI=1S/C12H16N2OS/c1-14-5-2-3-11(14)7-13-8-12(15)10-4-6-16-9-10/h2-6,9,12-13,15H,7-8H2,1H3. The predicted octanol–water partition coefficient (Wildman–Crippen LogP) is 1.91. The molecule has 2 rings (SSSR count). The molecule has 0 aliphatic carbocycles. The number of rotatable bonds is 5. The molecule has 0 saturated carbocycles. The molecule has 2 aromatic heterocycles. The van der Waals surface area contributed by atoms with Crippen molar-refractivity contribution in [1.29, 1.82) is 0 Å². The highest BCUT2D eigenvalue weighted by atomic mass is 32.1. The summed E-state index contributed by atoms with van der Waals surface area (Å²) in [4.78, 5) is 0. The van der Waals surface area contributed by atoms with E-state index in [1.807, 2.05) is 36.1 Å². The van der Waals surface area contributed by atoms with E-state index >= 15 is 0 Å². The second-order valence-corrected chi connectivity index (χ2v) is 4.59. The molecule has 1 unspecified atom stereocenters. The van der Waals surface area contributed by atoms with E-state index in [0.29, 0.717) is 6.54 Å². The number of nitrogens with zero attached hydrogens (tertiary/aromatic N) is 1. The highest BCUT2D eigenvalue weighted by Gasteiger charge is 2.07. The van der Waals surface area contributed by atoms with Crippen LogP contribution in [0.25, 0.3) is 0 Å². The molecular weight excluding hydrogens is 220 g/mol. The van der Waals surface area contributed by atoms with E-state index in [-0.39, 0.29) is 0 Å². The van der Waals surface area contributed by atoms with Gasteiger partial charge in [-0.05, 0) is 34.5 Å². The van der Waals surface area contributed by atoms with Crippen molar-refractivity contribution < 1.29 is 5.11 Å². The highest BCUT2D eigenvalue weighted by molar-refractivity contribution is 7.07. The van der Waals surface area contributed by atoms with Crippen LogP contribution in [0.15, 0.2) is 35.2 Å². The molecule has 4 heteroatoms. The third-order valence-electron chi connectivity index (χ3n) is 2.62. The van der Waals surface area contributed by atoms with Gasteiger partial charge in [0.2, 0.25) is 0 Å². The van der Waals surface area contributed by atoms with Crippen molar-refractivity contribution in [3.05, 3.63) is 46.4 Å². The zero-order valence-electron chi connectivity index (χ0n) is 9.26. The Kier molecular flexibility index (Phi) is 3.77. The molecule has 0 aliphatic heterocycles. The van der Waals surface area contributed by atoms with Gasteiger partial charge in [-0.2, -0.15) is 11.3 Å². The monoisotopic (exact) mass is 236 g/mol. The van der Waals surface area contributed by atoms with Gasteiger partial charge in [-0.1, -0.05) is 0 Å². The van der Waals surface area contributed by atoms with Crippen molar-refractivity contribution in [2.24, 2.45) is 7.05 Å². The van der Waals surface area contributed by atoms with Crippen LogP contribution in [0.5, 0.6) is 0 Å². The van der Waals surface area contributed by atoms with Gasteiger partial charge in [0.15, 0.2) is 0 Å². The summed E-state index contributed by atoms with van der Waals surface area (Å²) in [6.45, 7) is 1.37. The Bertz CT molecular complexity index is 422. The summed E-state index contributed by atoms with van der Waals surface area (Å²) in [7, 11) is 2.02. The zero-order valence-corrected chi connectivity index (χ0v) is 10.1. The van der Waals surface area contributed by atoms with Gasteiger partial charge in [-0.15, -0.1) is 0 Å². The van der Waals surface area contributed by atoms with Crippen LogP contribution < -0.4 is 5.32 Å². The maximum atomic E-state index is 9.84. The Balaban J connectivity index is 1.78. The fourth-order valence-corrected chi connectivity index (χ4v) is 2.31. The Hall–Kier alpha value is -1.10. The highest BCUT2D eigenvalue weighted by Crippen LogP contribution is 2.15. The third kappa shape index (κ3) is 2.72. The number of thiophene rings is 1. The molecule has 0 radical (unpaired) electrons. The van der Waals surface area contributed by atoms with E-state index in [1.165, 1.54) is 5.69 Å². The van der Waals surface area contributed by atoms with Crippen LogP contribution in [-0.4, -0.2) is 16.2 Å². The summed E-state index contributed by atoms with van der Waals surface area (Å²) in [5.41, 5.74) is 2.21. The summed E-state index contributed by atoms with van der Waals surface area (Å²) in [6.07, 6.45) is 1.61. The molecule has 86 valence electrons. The second kappa shape index (κ2) is 5.30. The van der Waals surface area contributed by atoms with Gasteiger partial charge in [-0.3, -0.25) is 0 Å². The Morgan fingerprint density at radius 3 is 3.00 bits per heavy atom. The molecule has 2 heterocycles. The zero-order chi connectivity index (χ0) is 11.4. The molecule has 0 bridgehead atoms. The summed E-state index contributed by atoms with van der Waals surface area (Å²) >= 11 is 1.61. The van der Waals surface area contributed by atoms with Crippen LogP contribution in [-0.2, 0) is 13.6 Å². The number of aliphatic hydroxyl groups is 1. The maximum absolute atomic E-state index is 9.84. The number of hydrogen-bond donors (Lipinski definition) is 2. The molecule has 0 spiro atoms. The first-order chi connectivity index (χ1) is 7.77. The van der Waals surface area contributed by atoms with E-state index in [4.69, 9.17) is 0 Å². The molecule has 0 aromatic carbocycles. The van der Waals surface area contributed by atoms with Gasteiger partial charge in [0.25, 0.3) is 0 Å². The van der Waals surface area contributed by atoms with Crippen molar-refractivity contribution in [2.45, 2.75) is 12.6 Å². The molecule has 3 nitrogen and oxygen atoms in total. The lowest BCUT2D eigenvalue weighted by molar-refractivity contribution is 0.174. The molecule has 2 aromatic rings. The minimum absolute atomic E-state index is 0.411. The topological polar surface area (TPSA) is 37.2 Å². The summed E-state index contributed by atoms with van der Waals surface area (Å²) in [6, 6.07) is 6.05. The minimum atomic E-state index is -0.411. The molecule has 2 N–H and O–H groups in total. The van der Waals surface area contributed by atoms with Crippen LogP contribution in [0.1, 0.15) is 17.4 Å². The first kappa shape index (κ1) is 11.4. The van der Waals surface area contributed by atoms with Crippen molar-refractivity contribution >= 4 is 11.3 Å². The Morgan fingerprint density at radius 1 is 1.50 bits per heavy atom. The van der Waals surface area contributed by atoms with Gasteiger partial charge in [-0.25, -0.2) is 0 Å². The first-order valence-corrected chi connectivity index (χ1v) is 6.23. The number of aliphatic hydroxyl groups excluding tert-OH is 1. The maximum Gasteiger partial charge on any atom is 0.0922 e. The predicted molar refractivity (Wildman–Crippen MR) is 66.4 cm³/mol. The second-order valence-electron chi connectivity index (χ2n) is 3.81. The van der Waals surface area contributed by atoms with E-state index in [9.17, 15) is 5.11 Å². The van der Waals surface area contributed by atoms with Crippen LogP contribution in [0.2, 0.25) is 0 Å². The normalized spacial score (nSPS) is 12.9. The van der Waals surface area contributed by atoms with Crippen LogP contribution in [0.4, 0.5) is 0 Å². The summed E-state index contributed by atoms with van der Waals surface area (Å²) in [5.74, 6) is 0. The van der Waals surface area contributed by atoms with Crippen LogP contribution in [0, 0.1) is 0 Å². The van der Waals surface area contributed by atoms with Crippen molar-refractivity contribution in [3.8, 4) is 0 Å². The molecule has 0 amide bonds. The minimum Gasteiger partial charge on any atom is -0.387 e. The quantitative estimate of drug-likeness (QED) is 0.832. The molecule has 0 saturated heterocycles. The van der Waals surface area contributed by atoms with Crippen LogP contribution >= 0.6 is 11.3 Å². The Morgan fingerprint density at radius 2 is 2.38 bits per heavy atom. The number of hydrogen-bond acceptors (Lipinski definition) is 3. The number of aryl methyl sites for hydroxylation is 1. The summed E-state index contributed by atoms with van der Waals surface area (Å²) in [5, 5.41) is 17.1. The lowest BCUT2D eigenvalue weighted by Gasteiger charge is -2.10. The van der Waals surface area contributed by atoms with Gasteiger partial charge < -0.3 is 15.0 Å². The molecule has 0 aliphatic rings. The van der Waals surface area contributed by atoms with Gasteiger partial charge in [0.1, 0.15) is 0 Å². The largest absolute Gasteiger partial charge is 0.387 e. The first-order valence-electron chi connectivity index (χ1n) is 5.28. The lowest BCUT2D eigenvalue weighted by Crippen LogP contribution is -2.21. The molecule has 0 fully saturated rings. The van der Waals surface area contributed by atoms with Crippen molar-refractivity contribution in [2.75, 3.05) is 6.54 Å². The number of nitrogens with one attached hydrogen (secondary N) is 1. The molecule has 16 heavy (non-hydrogen) atoms.